The Kier molecular flexibility index (Phi) is 5.86. The molecule has 0 aliphatic heterocycles. The lowest BCUT2D eigenvalue weighted by Gasteiger charge is -2.15. The van der Waals surface area contributed by atoms with Crippen molar-refractivity contribution >= 4 is 11.6 Å². The molecule has 0 aliphatic rings. The maximum atomic E-state index is 11.7. The molecule has 3 heteroatoms. The van der Waals surface area contributed by atoms with E-state index in [2.05, 4.69) is 31.4 Å². The van der Waals surface area contributed by atoms with Crippen LogP contribution >= 0.6 is 0 Å². The third-order valence-electron chi connectivity index (χ3n) is 3.23. The lowest BCUT2D eigenvalue weighted by atomic mass is 9.98. The molecule has 0 saturated heterocycles. The minimum absolute atomic E-state index is 0.00908. The lowest BCUT2D eigenvalue weighted by Crippen LogP contribution is -2.32. The van der Waals surface area contributed by atoms with Crippen LogP contribution < -0.4 is 10.6 Å². The number of rotatable bonds is 6. The van der Waals surface area contributed by atoms with Crippen LogP contribution in [0.15, 0.2) is 24.3 Å². The van der Waals surface area contributed by atoms with E-state index in [1.165, 1.54) is 5.56 Å². The molecule has 0 spiro atoms. The summed E-state index contributed by atoms with van der Waals surface area (Å²) in [6, 6.07) is 7.82. The molecule has 1 aromatic rings. The Bertz CT molecular complexity index is 371. The van der Waals surface area contributed by atoms with Crippen LogP contribution in [0.2, 0.25) is 0 Å². The molecular weight excluding hydrogens is 224 g/mol. The van der Waals surface area contributed by atoms with Gasteiger partial charge in [-0.2, -0.15) is 0 Å². The minimum Gasteiger partial charge on any atom is -0.325 e. The number of aryl methyl sites for hydroxylation is 1. The number of anilines is 1. The predicted molar refractivity (Wildman–Crippen MR) is 76.7 cm³/mol. The van der Waals surface area contributed by atoms with Crippen molar-refractivity contribution in [3.05, 3.63) is 29.8 Å². The first kappa shape index (κ1) is 14.7. The van der Waals surface area contributed by atoms with Crippen LogP contribution in [0.5, 0.6) is 0 Å². The first-order valence-corrected chi connectivity index (χ1v) is 6.56. The number of carbonyl (C=O) groups is 1. The Balaban J connectivity index is 2.27. The number of nitrogens with one attached hydrogen (secondary N) is 2. The molecule has 0 heterocycles. The van der Waals surface area contributed by atoms with E-state index in [-0.39, 0.29) is 5.91 Å². The molecule has 0 fully saturated rings. The summed E-state index contributed by atoms with van der Waals surface area (Å²) in [5, 5.41) is 6.06. The van der Waals surface area contributed by atoms with E-state index in [0.717, 1.165) is 12.2 Å². The van der Waals surface area contributed by atoms with Gasteiger partial charge in [0.2, 0.25) is 5.91 Å². The van der Waals surface area contributed by atoms with Gasteiger partial charge in [0, 0.05) is 5.69 Å². The molecule has 1 atom stereocenters. The van der Waals surface area contributed by atoms with E-state index in [1.807, 2.05) is 31.2 Å². The summed E-state index contributed by atoms with van der Waals surface area (Å²) < 4.78 is 0. The summed E-state index contributed by atoms with van der Waals surface area (Å²) in [5.41, 5.74) is 2.04. The summed E-state index contributed by atoms with van der Waals surface area (Å²) >= 11 is 0. The van der Waals surface area contributed by atoms with E-state index in [1.54, 1.807) is 0 Å². The summed E-state index contributed by atoms with van der Waals surface area (Å²) in [6.45, 7) is 9.84. The third kappa shape index (κ3) is 5.32. The van der Waals surface area contributed by atoms with Crippen molar-refractivity contribution in [2.45, 2.75) is 27.7 Å². The fourth-order valence-electron chi connectivity index (χ4n) is 1.49. The second kappa shape index (κ2) is 7.17. The van der Waals surface area contributed by atoms with Crippen molar-refractivity contribution in [1.29, 1.82) is 0 Å². The standard InChI is InChI=1S/C15H24N2O/c1-11(2)13(4)9-16-10-15(18)17-14-7-5-12(3)6-8-14/h5-8,11,13,16H,9-10H2,1-4H3,(H,17,18). The lowest BCUT2D eigenvalue weighted by molar-refractivity contribution is -0.115. The minimum atomic E-state index is 0.00908. The molecule has 2 N–H and O–H groups in total. The summed E-state index contributed by atoms with van der Waals surface area (Å²) in [7, 11) is 0. The topological polar surface area (TPSA) is 41.1 Å². The van der Waals surface area contributed by atoms with Crippen LogP contribution in [-0.2, 0) is 4.79 Å². The molecule has 3 nitrogen and oxygen atoms in total. The Morgan fingerprint density at radius 3 is 2.33 bits per heavy atom. The van der Waals surface area contributed by atoms with Crippen molar-refractivity contribution in [2.75, 3.05) is 18.4 Å². The van der Waals surface area contributed by atoms with Crippen molar-refractivity contribution < 1.29 is 4.79 Å². The Morgan fingerprint density at radius 2 is 1.78 bits per heavy atom. The second-order valence-corrected chi connectivity index (χ2v) is 5.27. The van der Waals surface area contributed by atoms with Gasteiger partial charge in [-0.05, 0) is 37.4 Å². The molecule has 100 valence electrons. The zero-order valence-corrected chi connectivity index (χ0v) is 11.8. The number of carbonyl (C=O) groups excluding carboxylic acids is 1. The van der Waals surface area contributed by atoms with E-state index >= 15 is 0 Å². The van der Waals surface area contributed by atoms with Crippen LogP contribution in [0.25, 0.3) is 0 Å². The highest BCUT2D eigenvalue weighted by atomic mass is 16.1. The highest BCUT2D eigenvalue weighted by Crippen LogP contribution is 2.09. The smallest absolute Gasteiger partial charge is 0.238 e. The molecule has 1 amide bonds. The van der Waals surface area contributed by atoms with Crippen LogP contribution in [-0.4, -0.2) is 19.0 Å². The van der Waals surface area contributed by atoms with E-state index in [0.29, 0.717) is 18.4 Å². The highest BCUT2D eigenvalue weighted by Gasteiger charge is 2.07. The van der Waals surface area contributed by atoms with E-state index in [4.69, 9.17) is 0 Å². The fraction of sp³-hybridized carbons (Fsp3) is 0.533. The maximum absolute atomic E-state index is 11.7. The fourth-order valence-corrected chi connectivity index (χ4v) is 1.49. The average Bonchev–Trinajstić information content (AvgIpc) is 2.32. The molecule has 18 heavy (non-hydrogen) atoms. The first-order chi connectivity index (χ1) is 8.49. The molecule has 0 aliphatic carbocycles. The molecule has 0 aromatic heterocycles. The van der Waals surface area contributed by atoms with Crippen molar-refractivity contribution in [3.8, 4) is 0 Å². The van der Waals surface area contributed by atoms with Gasteiger partial charge in [-0.3, -0.25) is 4.79 Å². The molecule has 1 rings (SSSR count). The van der Waals surface area contributed by atoms with Gasteiger partial charge >= 0.3 is 0 Å². The zero-order chi connectivity index (χ0) is 13.5. The Morgan fingerprint density at radius 1 is 1.17 bits per heavy atom. The highest BCUT2D eigenvalue weighted by molar-refractivity contribution is 5.92. The van der Waals surface area contributed by atoms with Crippen molar-refractivity contribution in [2.24, 2.45) is 11.8 Å². The van der Waals surface area contributed by atoms with Gasteiger partial charge in [0.25, 0.3) is 0 Å². The van der Waals surface area contributed by atoms with Crippen LogP contribution in [0.3, 0.4) is 0 Å². The maximum Gasteiger partial charge on any atom is 0.238 e. The molecule has 0 radical (unpaired) electrons. The predicted octanol–water partition coefficient (Wildman–Crippen LogP) is 2.82. The van der Waals surface area contributed by atoms with E-state index < -0.39 is 0 Å². The van der Waals surface area contributed by atoms with E-state index in [9.17, 15) is 4.79 Å². The van der Waals surface area contributed by atoms with Gasteiger partial charge in [0.05, 0.1) is 6.54 Å². The monoisotopic (exact) mass is 248 g/mol. The van der Waals surface area contributed by atoms with Gasteiger partial charge < -0.3 is 10.6 Å². The molecule has 1 aromatic carbocycles. The van der Waals surface area contributed by atoms with Gasteiger partial charge in [0.1, 0.15) is 0 Å². The average molecular weight is 248 g/mol. The molecule has 0 saturated carbocycles. The number of hydrogen-bond acceptors (Lipinski definition) is 2. The van der Waals surface area contributed by atoms with Gasteiger partial charge in [-0.25, -0.2) is 0 Å². The van der Waals surface area contributed by atoms with Crippen LogP contribution in [0, 0.1) is 18.8 Å². The Labute approximate surface area is 110 Å². The van der Waals surface area contributed by atoms with Crippen LogP contribution in [0.4, 0.5) is 5.69 Å². The van der Waals surface area contributed by atoms with Gasteiger partial charge in [-0.1, -0.05) is 38.5 Å². The summed E-state index contributed by atoms with van der Waals surface area (Å²) in [6.07, 6.45) is 0. The summed E-state index contributed by atoms with van der Waals surface area (Å²) in [5.74, 6) is 1.23. The van der Waals surface area contributed by atoms with Crippen molar-refractivity contribution in [3.63, 3.8) is 0 Å². The summed E-state index contributed by atoms with van der Waals surface area (Å²) in [4.78, 5) is 11.7. The number of amides is 1. The van der Waals surface area contributed by atoms with Gasteiger partial charge in [0.15, 0.2) is 0 Å². The van der Waals surface area contributed by atoms with Crippen LogP contribution in [0.1, 0.15) is 26.3 Å². The first-order valence-electron chi connectivity index (χ1n) is 6.56. The normalized spacial score (nSPS) is 12.5. The molecule has 1 unspecified atom stereocenters. The van der Waals surface area contributed by atoms with Crippen molar-refractivity contribution in [1.82, 2.24) is 5.32 Å². The third-order valence-corrected chi connectivity index (χ3v) is 3.23. The number of hydrogen-bond donors (Lipinski definition) is 2. The quantitative estimate of drug-likeness (QED) is 0.813. The molecule has 0 bridgehead atoms. The SMILES string of the molecule is Cc1ccc(NC(=O)CNCC(C)C(C)C)cc1. The van der Waals surface area contributed by atoms with Gasteiger partial charge in [-0.15, -0.1) is 0 Å². The number of benzene rings is 1. The largest absolute Gasteiger partial charge is 0.325 e. The zero-order valence-electron chi connectivity index (χ0n) is 11.8. The Hall–Kier alpha value is -1.35. The molecular formula is C15H24N2O. The second-order valence-electron chi connectivity index (χ2n) is 5.27.